The fraction of sp³-hybridized carbons (Fsp3) is 0.444. The lowest BCUT2D eigenvalue weighted by molar-refractivity contribution is -0.388. The monoisotopic (exact) mass is 208 g/mol. The van der Waals surface area contributed by atoms with Crippen LogP contribution >= 0.6 is 0 Å². The van der Waals surface area contributed by atoms with Crippen molar-refractivity contribution in [2.45, 2.75) is 19.4 Å². The van der Waals surface area contributed by atoms with E-state index < -0.39 is 4.92 Å². The Morgan fingerprint density at radius 3 is 3.00 bits per heavy atom. The van der Waals surface area contributed by atoms with Gasteiger partial charge in [-0.1, -0.05) is 12.8 Å². The number of anilines is 1. The molecular formula is C9H12N4O2. The zero-order valence-corrected chi connectivity index (χ0v) is 8.60. The molecule has 0 saturated heterocycles. The third-order valence-corrected chi connectivity index (χ3v) is 2.01. The van der Waals surface area contributed by atoms with Gasteiger partial charge in [0.25, 0.3) is 0 Å². The van der Waals surface area contributed by atoms with Gasteiger partial charge < -0.3 is 15.4 Å². The maximum atomic E-state index is 10.6. The number of imidazole rings is 1. The average molecular weight is 208 g/mol. The molecule has 0 aliphatic carbocycles. The van der Waals surface area contributed by atoms with E-state index in [1.807, 2.05) is 6.92 Å². The molecule has 0 aromatic carbocycles. The highest BCUT2D eigenvalue weighted by atomic mass is 16.6. The summed E-state index contributed by atoms with van der Waals surface area (Å²) in [6, 6.07) is -0.223. The predicted octanol–water partition coefficient (Wildman–Crippen LogP) is 1.15. The Hall–Kier alpha value is -2.03. The molecule has 0 bridgehead atoms. The first kappa shape index (κ1) is 11.0. The smallest absolute Gasteiger partial charge is 0.358 e. The van der Waals surface area contributed by atoms with Crippen molar-refractivity contribution in [1.82, 2.24) is 9.55 Å². The highest BCUT2D eigenvalue weighted by molar-refractivity contribution is 5.53. The second-order valence-electron chi connectivity index (χ2n) is 3.06. The molecule has 0 amide bonds. The number of hydrogen-bond donors (Lipinski definition) is 1. The number of hydrogen-bond acceptors (Lipinski definition) is 4. The first-order valence-corrected chi connectivity index (χ1v) is 4.48. The normalized spacial score (nSPS) is 11.8. The minimum Gasteiger partial charge on any atom is -0.358 e. The number of nitro groups is 1. The van der Waals surface area contributed by atoms with Crippen molar-refractivity contribution in [3.63, 3.8) is 0 Å². The molecule has 1 atom stereocenters. The van der Waals surface area contributed by atoms with Gasteiger partial charge in [-0.2, -0.15) is 0 Å². The Bertz CT molecular complexity index is 405. The minimum absolute atomic E-state index is 0.203. The lowest BCUT2D eigenvalue weighted by Gasteiger charge is -2.11. The van der Waals surface area contributed by atoms with Crippen molar-refractivity contribution in [3.8, 4) is 12.3 Å². The van der Waals surface area contributed by atoms with Crippen molar-refractivity contribution in [2.24, 2.45) is 7.05 Å². The van der Waals surface area contributed by atoms with Gasteiger partial charge in [-0.05, 0) is 16.3 Å². The predicted molar refractivity (Wildman–Crippen MR) is 56.4 cm³/mol. The standard InChI is InChI=1S/C9H12N4O2/c1-4-7(5-2)11-9-8(13(14)15)10-6-12(9)3/h1,6-7,11H,5H2,2-3H3. The molecule has 1 unspecified atom stereocenters. The molecule has 1 aromatic heterocycles. The Labute approximate surface area is 87.5 Å². The molecule has 0 fully saturated rings. The van der Waals surface area contributed by atoms with Crippen LogP contribution in [0, 0.1) is 22.5 Å². The molecular weight excluding hydrogens is 196 g/mol. The van der Waals surface area contributed by atoms with E-state index >= 15 is 0 Å². The van der Waals surface area contributed by atoms with Crippen molar-refractivity contribution in [2.75, 3.05) is 5.32 Å². The van der Waals surface area contributed by atoms with Crippen LogP contribution in [0.15, 0.2) is 6.33 Å². The lowest BCUT2D eigenvalue weighted by atomic mass is 10.2. The molecule has 1 aromatic rings. The highest BCUT2D eigenvalue weighted by Crippen LogP contribution is 2.21. The van der Waals surface area contributed by atoms with Crippen LogP contribution in [0.2, 0.25) is 0 Å². The third-order valence-electron chi connectivity index (χ3n) is 2.01. The molecule has 6 heteroatoms. The molecule has 0 aliphatic rings. The van der Waals surface area contributed by atoms with Gasteiger partial charge >= 0.3 is 5.82 Å². The van der Waals surface area contributed by atoms with E-state index in [9.17, 15) is 10.1 Å². The first-order chi connectivity index (χ1) is 7.10. The number of aryl methyl sites for hydroxylation is 1. The molecule has 0 radical (unpaired) electrons. The fourth-order valence-corrected chi connectivity index (χ4v) is 1.14. The third kappa shape index (κ3) is 2.26. The van der Waals surface area contributed by atoms with Crippen molar-refractivity contribution in [3.05, 3.63) is 16.4 Å². The van der Waals surface area contributed by atoms with E-state index in [1.165, 1.54) is 10.9 Å². The SMILES string of the molecule is C#CC(CC)Nc1c([N+](=O)[O-])ncn1C. The molecule has 6 nitrogen and oxygen atoms in total. The largest absolute Gasteiger partial charge is 0.406 e. The van der Waals surface area contributed by atoms with Gasteiger partial charge in [0.05, 0.1) is 6.04 Å². The van der Waals surface area contributed by atoms with Crippen LogP contribution in [0.5, 0.6) is 0 Å². The summed E-state index contributed by atoms with van der Waals surface area (Å²) in [5.74, 6) is 2.64. The van der Waals surface area contributed by atoms with Crippen LogP contribution < -0.4 is 5.32 Å². The lowest BCUT2D eigenvalue weighted by Crippen LogP contribution is -2.18. The molecule has 1 heterocycles. The van der Waals surface area contributed by atoms with Crippen molar-refractivity contribution < 1.29 is 4.92 Å². The number of nitrogens with one attached hydrogen (secondary N) is 1. The zero-order chi connectivity index (χ0) is 11.4. The van der Waals surface area contributed by atoms with Crippen LogP contribution in [0.1, 0.15) is 13.3 Å². The van der Waals surface area contributed by atoms with Crippen LogP contribution in [-0.2, 0) is 7.05 Å². The minimum atomic E-state index is -0.536. The summed E-state index contributed by atoms with van der Waals surface area (Å²) in [5, 5.41) is 13.5. The second-order valence-corrected chi connectivity index (χ2v) is 3.06. The molecule has 0 aliphatic heterocycles. The molecule has 0 saturated carbocycles. The molecule has 15 heavy (non-hydrogen) atoms. The Balaban J connectivity index is 2.98. The molecule has 1 N–H and O–H groups in total. The average Bonchev–Trinajstić information content (AvgIpc) is 2.56. The Kier molecular flexibility index (Phi) is 3.29. The van der Waals surface area contributed by atoms with Gasteiger partial charge in [0.15, 0.2) is 0 Å². The van der Waals surface area contributed by atoms with Crippen LogP contribution in [0.3, 0.4) is 0 Å². The maximum Gasteiger partial charge on any atom is 0.406 e. The van der Waals surface area contributed by atoms with Crippen molar-refractivity contribution in [1.29, 1.82) is 0 Å². The maximum absolute atomic E-state index is 10.6. The van der Waals surface area contributed by atoms with E-state index in [4.69, 9.17) is 6.42 Å². The fourth-order valence-electron chi connectivity index (χ4n) is 1.14. The highest BCUT2D eigenvalue weighted by Gasteiger charge is 2.21. The van der Waals surface area contributed by atoms with E-state index in [0.29, 0.717) is 12.2 Å². The molecule has 80 valence electrons. The van der Waals surface area contributed by atoms with Gasteiger partial charge in [-0.25, -0.2) is 0 Å². The van der Waals surface area contributed by atoms with Gasteiger partial charge in [-0.15, -0.1) is 6.42 Å². The summed E-state index contributed by atoms with van der Waals surface area (Å²) in [6.45, 7) is 1.90. The van der Waals surface area contributed by atoms with Crippen LogP contribution in [0.25, 0.3) is 0 Å². The number of nitrogens with zero attached hydrogens (tertiary/aromatic N) is 3. The van der Waals surface area contributed by atoms with E-state index in [2.05, 4.69) is 16.2 Å². The summed E-state index contributed by atoms with van der Waals surface area (Å²) < 4.78 is 1.54. The molecule has 0 spiro atoms. The first-order valence-electron chi connectivity index (χ1n) is 4.48. The quantitative estimate of drug-likeness (QED) is 0.457. The number of terminal acetylenes is 1. The number of aromatic nitrogens is 2. The van der Waals surface area contributed by atoms with E-state index in [1.54, 1.807) is 7.05 Å². The van der Waals surface area contributed by atoms with Gasteiger partial charge in [0.1, 0.15) is 0 Å². The summed E-state index contributed by atoms with van der Waals surface area (Å²) in [6.07, 6.45) is 7.34. The Morgan fingerprint density at radius 1 is 1.87 bits per heavy atom. The van der Waals surface area contributed by atoms with Crippen LogP contribution in [0.4, 0.5) is 11.6 Å². The Morgan fingerprint density at radius 2 is 2.53 bits per heavy atom. The number of rotatable bonds is 4. The van der Waals surface area contributed by atoms with Gasteiger partial charge in [0.2, 0.25) is 12.1 Å². The summed E-state index contributed by atoms with van der Waals surface area (Å²) in [5.41, 5.74) is 0. The summed E-state index contributed by atoms with van der Waals surface area (Å²) in [4.78, 5) is 13.8. The van der Waals surface area contributed by atoms with Gasteiger partial charge in [-0.3, -0.25) is 4.57 Å². The topological polar surface area (TPSA) is 73.0 Å². The van der Waals surface area contributed by atoms with E-state index in [0.717, 1.165) is 0 Å². The summed E-state index contributed by atoms with van der Waals surface area (Å²) >= 11 is 0. The van der Waals surface area contributed by atoms with Gasteiger partial charge in [0, 0.05) is 7.05 Å². The van der Waals surface area contributed by atoms with Crippen molar-refractivity contribution >= 4 is 11.6 Å². The van der Waals surface area contributed by atoms with Crippen LogP contribution in [-0.4, -0.2) is 20.5 Å². The van der Waals surface area contributed by atoms with E-state index in [-0.39, 0.29) is 11.9 Å². The summed E-state index contributed by atoms with van der Waals surface area (Å²) in [7, 11) is 1.67. The molecule has 1 rings (SSSR count). The second kappa shape index (κ2) is 4.46. The zero-order valence-electron chi connectivity index (χ0n) is 8.60.